The highest BCUT2D eigenvalue weighted by atomic mass is 19.1. The monoisotopic (exact) mass is 224 g/mol. The lowest BCUT2D eigenvalue weighted by Gasteiger charge is -2.10. The van der Waals surface area contributed by atoms with E-state index in [9.17, 15) is 13.9 Å². The second-order valence-electron chi connectivity index (χ2n) is 3.54. The van der Waals surface area contributed by atoms with E-state index in [0.717, 1.165) is 18.2 Å². The van der Waals surface area contributed by atoms with Gasteiger partial charge in [0.15, 0.2) is 0 Å². The molecule has 0 aliphatic heterocycles. The number of rotatable bonds is 2. The second-order valence-corrected chi connectivity index (χ2v) is 3.54. The minimum absolute atomic E-state index is 0.169. The molecule has 0 radical (unpaired) electrons. The van der Waals surface area contributed by atoms with Crippen molar-refractivity contribution in [3.8, 4) is 0 Å². The highest BCUT2D eigenvalue weighted by molar-refractivity contribution is 5.31. The Labute approximate surface area is 91.1 Å². The molecule has 0 fully saturated rings. The van der Waals surface area contributed by atoms with E-state index in [4.69, 9.17) is 4.42 Å². The van der Waals surface area contributed by atoms with E-state index in [-0.39, 0.29) is 5.56 Å². The van der Waals surface area contributed by atoms with Gasteiger partial charge in [-0.25, -0.2) is 8.78 Å². The van der Waals surface area contributed by atoms with Gasteiger partial charge in [0, 0.05) is 11.6 Å². The number of benzene rings is 1. The fraction of sp³-hybridized carbons (Fsp3) is 0.167. The number of halogens is 2. The third-order valence-corrected chi connectivity index (χ3v) is 2.39. The van der Waals surface area contributed by atoms with E-state index in [1.807, 2.05) is 0 Å². The van der Waals surface area contributed by atoms with Gasteiger partial charge in [-0.2, -0.15) is 0 Å². The number of hydrogen-bond donors (Lipinski definition) is 1. The van der Waals surface area contributed by atoms with Crippen LogP contribution in [0.15, 0.2) is 34.9 Å². The van der Waals surface area contributed by atoms with Gasteiger partial charge in [0.2, 0.25) is 0 Å². The summed E-state index contributed by atoms with van der Waals surface area (Å²) in [5.41, 5.74) is 0.673. The van der Waals surface area contributed by atoms with Gasteiger partial charge in [-0.1, -0.05) is 0 Å². The van der Waals surface area contributed by atoms with Gasteiger partial charge in [0.1, 0.15) is 23.5 Å². The molecule has 0 saturated carbocycles. The molecule has 1 aromatic heterocycles. The average molecular weight is 224 g/mol. The van der Waals surface area contributed by atoms with Crippen molar-refractivity contribution in [1.29, 1.82) is 0 Å². The standard InChI is InChI=1S/C12H10F2O2/c1-7-11(2-3-16-7)12(15)8-4-9(13)6-10(14)5-8/h2-6,12,15H,1H3. The van der Waals surface area contributed by atoms with Crippen LogP contribution in [-0.4, -0.2) is 5.11 Å². The minimum atomic E-state index is -1.08. The summed E-state index contributed by atoms with van der Waals surface area (Å²) in [7, 11) is 0. The predicted octanol–water partition coefficient (Wildman–Crippen LogP) is 2.95. The first-order valence-corrected chi connectivity index (χ1v) is 4.76. The van der Waals surface area contributed by atoms with Crippen LogP contribution in [0.2, 0.25) is 0 Å². The molecule has 0 aliphatic rings. The first kappa shape index (κ1) is 10.8. The van der Waals surface area contributed by atoms with Crippen molar-refractivity contribution in [2.24, 2.45) is 0 Å². The summed E-state index contributed by atoms with van der Waals surface area (Å²) in [6.45, 7) is 1.67. The van der Waals surface area contributed by atoms with E-state index >= 15 is 0 Å². The maximum atomic E-state index is 13.0. The number of aliphatic hydroxyl groups excluding tert-OH is 1. The number of aryl methyl sites for hydroxylation is 1. The van der Waals surface area contributed by atoms with Crippen molar-refractivity contribution in [3.63, 3.8) is 0 Å². The van der Waals surface area contributed by atoms with Gasteiger partial charge in [-0.05, 0) is 30.7 Å². The highest BCUT2D eigenvalue weighted by Crippen LogP contribution is 2.26. The summed E-state index contributed by atoms with van der Waals surface area (Å²) in [5.74, 6) is -0.900. The first-order valence-electron chi connectivity index (χ1n) is 4.76. The van der Waals surface area contributed by atoms with Crippen LogP contribution in [0.1, 0.15) is 23.0 Å². The molecule has 0 bridgehead atoms. The summed E-state index contributed by atoms with van der Waals surface area (Å²) in [4.78, 5) is 0. The zero-order valence-electron chi connectivity index (χ0n) is 8.58. The van der Waals surface area contributed by atoms with Crippen LogP contribution >= 0.6 is 0 Å². The van der Waals surface area contributed by atoms with Crippen LogP contribution in [-0.2, 0) is 0 Å². The maximum Gasteiger partial charge on any atom is 0.126 e. The number of furan rings is 1. The molecule has 1 heterocycles. The normalized spacial score (nSPS) is 12.8. The third-order valence-electron chi connectivity index (χ3n) is 2.39. The largest absolute Gasteiger partial charge is 0.469 e. The Hall–Kier alpha value is -1.68. The van der Waals surface area contributed by atoms with Crippen LogP contribution in [0.25, 0.3) is 0 Å². The fourth-order valence-corrected chi connectivity index (χ4v) is 1.59. The van der Waals surface area contributed by atoms with Crippen LogP contribution in [0.3, 0.4) is 0 Å². The summed E-state index contributed by atoms with van der Waals surface area (Å²) >= 11 is 0. The molecule has 1 atom stereocenters. The first-order chi connectivity index (χ1) is 7.58. The Morgan fingerprint density at radius 1 is 1.19 bits per heavy atom. The summed E-state index contributed by atoms with van der Waals surface area (Å²) in [5, 5.41) is 9.92. The van der Waals surface area contributed by atoms with Gasteiger partial charge >= 0.3 is 0 Å². The van der Waals surface area contributed by atoms with Crippen molar-refractivity contribution >= 4 is 0 Å². The smallest absolute Gasteiger partial charge is 0.126 e. The summed E-state index contributed by atoms with van der Waals surface area (Å²) < 4.78 is 30.9. The van der Waals surface area contributed by atoms with Crippen molar-refractivity contribution in [2.45, 2.75) is 13.0 Å². The lowest BCUT2D eigenvalue weighted by atomic mass is 10.0. The Balaban J connectivity index is 2.41. The van der Waals surface area contributed by atoms with Gasteiger partial charge in [0.05, 0.1) is 6.26 Å². The molecule has 84 valence electrons. The molecule has 2 nitrogen and oxygen atoms in total. The molecule has 0 aliphatic carbocycles. The van der Waals surface area contributed by atoms with Crippen LogP contribution < -0.4 is 0 Å². The van der Waals surface area contributed by atoms with E-state index < -0.39 is 17.7 Å². The quantitative estimate of drug-likeness (QED) is 0.850. The predicted molar refractivity (Wildman–Crippen MR) is 53.9 cm³/mol. The molecule has 1 unspecified atom stereocenters. The van der Waals surface area contributed by atoms with E-state index in [2.05, 4.69) is 0 Å². The molecule has 0 saturated heterocycles. The Morgan fingerprint density at radius 3 is 2.31 bits per heavy atom. The third kappa shape index (κ3) is 1.97. The Bertz CT molecular complexity index is 485. The Kier molecular flexibility index (Phi) is 2.75. The van der Waals surface area contributed by atoms with Crippen LogP contribution in [0.4, 0.5) is 8.78 Å². The van der Waals surface area contributed by atoms with Gasteiger partial charge in [-0.3, -0.25) is 0 Å². The topological polar surface area (TPSA) is 33.4 Å². The molecule has 0 spiro atoms. The summed E-state index contributed by atoms with van der Waals surface area (Å²) in [6, 6.07) is 4.53. The van der Waals surface area contributed by atoms with Crippen LogP contribution in [0.5, 0.6) is 0 Å². The van der Waals surface area contributed by atoms with Crippen molar-refractivity contribution in [2.75, 3.05) is 0 Å². The Morgan fingerprint density at radius 2 is 1.81 bits per heavy atom. The molecule has 4 heteroatoms. The van der Waals surface area contributed by atoms with Gasteiger partial charge in [0.25, 0.3) is 0 Å². The average Bonchev–Trinajstić information content (AvgIpc) is 2.62. The molecule has 0 amide bonds. The number of aliphatic hydroxyl groups is 1. The SMILES string of the molecule is Cc1occc1C(O)c1cc(F)cc(F)c1. The molecule has 2 rings (SSSR count). The van der Waals surface area contributed by atoms with E-state index in [1.54, 1.807) is 13.0 Å². The maximum absolute atomic E-state index is 13.0. The number of hydrogen-bond acceptors (Lipinski definition) is 2. The van der Waals surface area contributed by atoms with Crippen molar-refractivity contribution in [3.05, 3.63) is 59.1 Å². The van der Waals surface area contributed by atoms with Crippen LogP contribution in [0, 0.1) is 18.6 Å². The van der Waals surface area contributed by atoms with E-state index in [1.165, 1.54) is 6.26 Å². The molecular formula is C12H10F2O2. The summed E-state index contributed by atoms with van der Waals surface area (Å²) in [6.07, 6.45) is 0.341. The minimum Gasteiger partial charge on any atom is -0.469 e. The molecular weight excluding hydrogens is 214 g/mol. The zero-order chi connectivity index (χ0) is 11.7. The fourth-order valence-electron chi connectivity index (χ4n) is 1.59. The van der Waals surface area contributed by atoms with Gasteiger partial charge in [-0.15, -0.1) is 0 Å². The molecule has 16 heavy (non-hydrogen) atoms. The lowest BCUT2D eigenvalue weighted by Crippen LogP contribution is -2.01. The molecule has 1 N–H and O–H groups in total. The lowest BCUT2D eigenvalue weighted by molar-refractivity contribution is 0.217. The zero-order valence-corrected chi connectivity index (χ0v) is 8.58. The molecule has 1 aromatic carbocycles. The molecule has 2 aromatic rings. The highest BCUT2D eigenvalue weighted by Gasteiger charge is 2.16. The van der Waals surface area contributed by atoms with Crippen molar-refractivity contribution in [1.82, 2.24) is 0 Å². The second kappa shape index (κ2) is 4.06. The van der Waals surface area contributed by atoms with E-state index in [0.29, 0.717) is 11.3 Å². The van der Waals surface area contributed by atoms with Crippen molar-refractivity contribution < 1.29 is 18.3 Å². The van der Waals surface area contributed by atoms with Gasteiger partial charge < -0.3 is 9.52 Å².